The average Bonchev–Trinajstić information content (AvgIpc) is 3.25. The second-order valence-corrected chi connectivity index (χ2v) is 7.83. The van der Waals surface area contributed by atoms with Gasteiger partial charge in [-0.05, 0) is 55.2 Å². The fourth-order valence-electron chi connectivity index (χ4n) is 3.54. The summed E-state index contributed by atoms with van der Waals surface area (Å²) in [5.41, 5.74) is 3.46. The van der Waals surface area contributed by atoms with Gasteiger partial charge in [0, 0.05) is 29.2 Å². The number of aromatic nitrogens is 3. The highest BCUT2D eigenvalue weighted by molar-refractivity contribution is 8.00. The van der Waals surface area contributed by atoms with Crippen LogP contribution in [0.4, 0.5) is 0 Å². The SMILES string of the molecule is COc1ccc(C(=O)CSc2nc(=O)n(Cc3cccnc3)c3c2CCC3)cc1. The molecule has 0 aliphatic heterocycles. The normalized spacial score (nSPS) is 12.6. The molecule has 0 spiro atoms. The molecule has 148 valence electrons. The van der Waals surface area contributed by atoms with E-state index in [1.165, 1.54) is 11.8 Å². The number of hydrogen-bond acceptors (Lipinski definition) is 6. The van der Waals surface area contributed by atoms with Crippen LogP contribution in [0.2, 0.25) is 0 Å². The minimum Gasteiger partial charge on any atom is -0.497 e. The number of carbonyl (C=O) groups excluding carboxylic acids is 1. The van der Waals surface area contributed by atoms with Gasteiger partial charge in [-0.3, -0.25) is 14.3 Å². The van der Waals surface area contributed by atoms with Gasteiger partial charge in [0.25, 0.3) is 0 Å². The molecule has 1 aliphatic carbocycles. The molecule has 0 fully saturated rings. The van der Waals surface area contributed by atoms with Gasteiger partial charge in [-0.15, -0.1) is 0 Å². The van der Waals surface area contributed by atoms with Crippen LogP contribution in [0.1, 0.15) is 33.6 Å². The van der Waals surface area contributed by atoms with Gasteiger partial charge in [-0.1, -0.05) is 17.8 Å². The topological polar surface area (TPSA) is 74.1 Å². The number of hydrogen-bond donors (Lipinski definition) is 0. The number of carbonyl (C=O) groups is 1. The van der Waals surface area contributed by atoms with Crippen molar-refractivity contribution in [1.29, 1.82) is 0 Å². The maximum atomic E-state index is 12.7. The average molecular weight is 407 g/mol. The molecule has 6 nitrogen and oxygen atoms in total. The van der Waals surface area contributed by atoms with Crippen LogP contribution in [-0.2, 0) is 19.4 Å². The largest absolute Gasteiger partial charge is 0.497 e. The number of Topliss-reactive ketones (excluding diaryl/α,β-unsaturated/α-hetero) is 1. The van der Waals surface area contributed by atoms with Crippen molar-refractivity contribution in [3.05, 3.63) is 81.7 Å². The van der Waals surface area contributed by atoms with Crippen molar-refractivity contribution in [2.75, 3.05) is 12.9 Å². The van der Waals surface area contributed by atoms with Crippen molar-refractivity contribution in [3.8, 4) is 5.75 Å². The van der Waals surface area contributed by atoms with E-state index in [0.717, 1.165) is 36.1 Å². The third-order valence-electron chi connectivity index (χ3n) is 5.02. The van der Waals surface area contributed by atoms with Crippen molar-refractivity contribution in [2.45, 2.75) is 30.8 Å². The number of fused-ring (bicyclic) bond motifs is 1. The van der Waals surface area contributed by atoms with Gasteiger partial charge in [0.2, 0.25) is 0 Å². The molecular weight excluding hydrogens is 386 g/mol. The Kier molecular flexibility index (Phi) is 5.76. The lowest BCUT2D eigenvalue weighted by atomic mass is 10.1. The van der Waals surface area contributed by atoms with E-state index in [1.807, 2.05) is 12.1 Å². The highest BCUT2D eigenvalue weighted by atomic mass is 32.2. The summed E-state index contributed by atoms with van der Waals surface area (Å²) < 4.78 is 6.87. The van der Waals surface area contributed by atoms with E-state index in [-0.39, 0.29) is 17.2 Å². The number of nitrogens with zero attached hydrogens (tertiary/aromatic N) is 3. The zero-order chi connectivity index (χ0) is 20.2. The van der Waals surface area contributed by atoms with Gasteiger partial charge in [-0.2, -0.15) is 4.98 Å². The van der Waals surface area contributed by atoms with Crippen molar-refractivity contribution in [3.63, 3.8) is 0 Å². The third-order valence-corrected chi connectivity index (χ3v) is 6.03. The predicted octanol–water partition coefficient (Wildman–Crippen LogP) is 3.16. The van der Waals surface area contributed by atoms with E-state index in [9.17, 15) is 9.59 Å². The molecule has 2 heterocycles. The Morgan fingerprint density at radius 2 is 2.03 bits per heavy atom. The first-order valence-electron chi connectivity index (χ1n) is 9.47. The molecule has 0 atom stereocenters. The molecule has 0 amide bonds. The Bertz CT molecular complexity index is 1080. The lowest BCUT2D eigenvalue weighted by molar-refractivity contribution is 0.102. The molecule has 2 aromatic heterocycles. The smallest absolute Gasteiger partial charge is 0.349 e. The maximum Gasteiger partial charge on any atom is 0.349 e. The Morgan fingerprint density at radius 3 is 2.76 bits per heavy atom. The Hall–Kier alpha value is -2.93. The standard InChI is InChI=1S/C22H21N3O3S/c1-28-17-9-7-16(8-10-17)20(26)14-29-21-18-5-2-6-19(18)25(22(27)24-21)13-15-4-3-11-23-12-15/h3-4,7-12H,2,5-6,13-14H2,1H3. The monoisotopic (exact) mass is 407 g/mol. The van der Waals surface area contributed by atoms with Gasteiger partial charge in [-0.25, -0.2) is 4.79 Å². The van der Waals surface area contributed by atoms with Crippen molar-refractivity contribution in [2.24, 2.45) is 0 Å². The summed E-state index contributed by atoms with van der Waals surface area (Å²) in [6.07, 6.45) is 6.22. The van der Waals surface area contributed by atoms with Crippen LogP contribution in [0.25, 0.3) is 0 Å². The summed E-state index contributed by atoms with van der Waals surface area (Å²) in [5.74, 6) is 0.967. The molecule has 0 bridgehead atoms. The van der Waals surface area contributed by atoms with Gasteiger partial charge in [0.05, 0.1) is 19.4 Å². The molecule has 1 aromatic carbocycles. The Morgan fingerprint density at radius 1 is 1.21 bits per heavy atom. The predicted molar refractivity (Wildman–Crippen MR) is 112 cm³/mol. The summed E-state index contributed by atoms with van der Waals surface area (Å²) in [4.78, 5) is 33.7. The quantitative estimate of drug-likeness (QED) is 0.340. The first-order valence-corrected chi connectivity index (χ1v) is 10.5. The van der Waals surface area contributed by atoms with Crippen LogP contribution < -0.4 is 10.4 Å². The number of thioether (sulfide) groups is 1. The minimum atomic E-state index is -0.270. The molecule has 1 aliphatic rings. The first kappa shape index (κ1) is 19.4. The van der Waals surface area contributed by atoms with Crippen molar-refractivity contribution < 1.29 is 9.53 Å². The van der Waals surface area contributed by atoms with Gasteiger partial charge in [0.15, 0.2) is 5.78 Å². The Labute approximate surface area is 173 Å². The molecule has 0 unspecified atom stereocenters. The van der Waals surface area contributed by atoms with Crippen LogP contribution >= 0.6 is 11.8 Å². The van der Waals surface area contributed by atoms with E-state index in [4.69, 9.17) is 4.74 Å². The lowest BCUT2D eigenvalue weighted by Crippen LogP contribution is -2.28. The summed E-state index contributed by atoms with van der Waals surface area (Å²) in [5, 5.41) is 0.687. The minimum absolute atomic E-state index is 0.00531. The number of pyridine rings is 1. The molecule has 0 saturated carbocycles. The lowest BCUT2D eigenvalue weighted by Gasteiger charge is -2.14. The van der Waals surface area contributed by atoms with Crippen molar-refractivity contribution in [1.82, 2.24) is 14.5 Å². The number of ketones is 1. The van der Waals surface area contributed by atoms with Crippen LogP contribution in [-0.4, -0.2) is 33.2 Å². The van der Waals surface area contributed by atoms with Crippen molar-refractivity contribution >= 4 is 17.5 Å². The molecular formula is C22H21N3O3S. The van der Waals surface area contributed by atoms with Crippen LogP contribution in [0.5, 0.6) is 5.75 Å². The maximum absolute atomic E-state index is 12.7. The van der Waals surface area contributed by atoms with Crippen LogP contribution in [0.3, 0.4) is 0 Å². The summed E-state index contributed by atoms with van der Waals surface area (Å²) >= 11 is 1.35. The number of benzene rings is 1. The van der Waals surface area contributed by atoms with E-state index >= 15 is 0 Å². The molecule has 0 N–H and O–H groups in total. The second kappa shape index (κ2) is 8.61. The highest BCUT2D eigenvalue weighted by Gasteiger charge is 2.22. The van der Waals surface area contributed by atoms with Crippen LogP contribution in [0, 0.1) is 0 Å². The van der Waals surface area contributed by atoms with E-state index in [0.29, 0.717) is 22.9 Å². The number of rotatable bonds is 7. The summed E-state index contributed by atoms with van der Waals surface area (Å²) in [6.45, 7) is 0.470. The Balaban J connectivity index is 1.54. The molecule has 0 saturated heterocycles. The fourth-order valence-corrected chi connectivity index (χ4v) is 4.51. The molecule has 3 aromatic rings. The van der Waals surface area contributed by atoms with E-state index in [2.05, 4.69) is 9.97 Å². The van der Waals surface area contributed by atoms with Crippen LogP contribution in [0.15, 0.2) is 58.6 Å². The zero-order valence-corrected chi connectivity index (χ0v) is 16.9. The third kappa shape index (κ3) is 4.24. The van der Waals surface area contributed by atoms with E-state index in [1.54, 1.807) is 48.3 Å². The zero-order valence-electron chi connectivity index (χ0n) is 16.1. The van der Waals surface area contributed by atoms with Gasteiger partial charge < -0.3 is 4.74 Å². The summed E-state index contributed by atoms with van der Waals surface area (Å²) in [7, 11) is 1.59. The second-order valence-electron chi connectivity index (χ2n) is 6.87. The fraction of sp³-hybridized carbons (Fsp3) is 0.273. The molecule has 4 rings (SSSR count). The molecule has 29 heavy (non-hydrogen) atoms. The summed E-state index contributed by atoms with van der Waals surface area (Å²) in [6, 6.07) is 10.9. The number of methoxy groups -OCH3 is 1. The molecule has 0 radical (unpaired) electrons. The molecule has 7 heteroatoms. The highest BCUT2D eigenvalue weighted by Crippen LogP contribution is 2.30. The van der Waals surface area contributed by atoms with Gasteiger partial charge in [0.1, 0.15) is 10.8 Å². The van der Waals surface area contributed by atoms with Gasteiger partial charge >= 0.3 is 5.69 Å². The number of ether oxygens (including phenoxy) is 1. The van der Waals surface area contributed by atoms with E-state index < -0.39 is 0 Å². The first-order chi connectivity index (χ1) is 14.2.